The van der Waals surface area contributed by atoms with E-state index >= 15 is 0 Å². The summed E-state index contributed by atoms with van der Waals surface area (Å²) in [7, 11) is 1.58. The van der Waals surface area contributed by atoms with Gasteiger partial charge in [0.05, 0.1) is 6.61 Å². The van der Waals surface area contributed by atoms with Gasteiger partial charge in [-0.2, -0.15) is 0 Å². The van der Waals surface area contributed by atoms with Crippen LogP contribution in [0.3, 0.4) is 0 Å². The Morgan fingerprint density at radius 1 is 1.53 bits per heavy atom. The summed E-state index contributed by atoms with van der Waals surface area (Å²) in [4.78, 5) is 12.5. The standard InChI is InChI=1S/C9H19N3O2.ClH/c1-7(2)4-5-14-8(13)6-12(3)9(10)11;/h7H,4-6H2,1-3H3,(H3,10,11);1H. The fourth-order valence-corrected chi connectivity index (χ4v) is 0.733. The largest absolute Gasteiger partial charge is 0.464 e. The van der Waals surface area contributed by atoms with Gasteiger partial charge >= 0.3 is 5.97 Å². The van der Waals surface area contributed by atoms with Crippen LogP contribution in [-0.4, -0.2) is 37.0 Å². The number of halogens is 1. The second-order valence-corrected chi connectivity index (χ2v) is 3.64. The number of esters is 1. The van der Waals surface area contributed by atoms with Crippen LogP contribution in [0.25, 0.3) is 0 Å². The fourth-order valence-electron chi connectivity index (χ4n) is 0.733. The first-order chi connectivity index (χ1) is 6.43. The molecule has 0 atom stereocenters. The zero-order chi connectivity index (χ0) is 11.1. The van der Waals surface area contributed by atoms with Crippen molar-refractivity contribution in [2.75, 3.05) is 20.2 Å². The monoisotopic (exact) mass is 237 g/mol. The quantitative estimate of drug-likeness (QED) is 0.422. The van der Waals surface area contributed by atoms with Gasteiger partial charge in [-0.3, -0.25) is 10.2 Å². The van der Waals surface area contributed by atoms with Crippen molar-refractivity contribution in [1.29, 1.82) is 5.41 Å². The van der Waals surface area contributed by atoms with Gasteiger partial charge in [0.25, 0.3) is 0 Å². The van der Waals surface area contributed by atoms with Crippen molar-refractivity contribution in [2.24, 2.45) is 11.7 Å². The molecule has 0 aromatic carbocycles. The molecule has 0 radical (unpaired) electrons. The molecule has 0 unspecified atom stereocenters. The van der Waals surface area contributed by atoms with Crippen LogP contribution in [0.4, 0.5) is 0 Å². The zero-order valence-electron chi connectivity index (χ0n) is 9.45. The third kappa shape index (κ3) is 9.34. The molecular weight excluding hydrogens is 218 g/mol. The number of hydrogen-bond acceptors (Lipinski definition) is 3. The minimum Gasteiger partial charge on any atom is -0.464 e. The third-order valence-electron chi connectivity index (χ3n) is 1.74. The minimum atomic E-state index is -0.344. The summed E-state index contributed by atoms with van der Waals surface area (Å²) < 4.78 is 4.94. The van der Waals surface area contributed by atoms with Crippen molar-refractivity contribution in [1.82, 2.24) is 4.90 Å². The first kappa shape index (κ1) is 16.5. The highest BCUT2D eigenvalue weighted by Crippen LogP contribution is 1.99. The van der Waals surface area contributed by atoms with Crippen LogP contribution < -0.4 is 5.73 Å². The van der Waals surface area contributed by atoms with Crippen LogP contribution >= 0.6 is 12.4 Å². The Bertz CT molecular complexity index is 210. The molecule has 3 N–H and O–H groups in total. The van der Waals surface area contributed by atoms with Crippen molar-refractivity contribution in [3.05, 3.63) is 0 Å². The molecule has 0 aliphatic rings. The molecule has 0 aliphatic carbocycles. The normalized spacial score (nSPS) is 9.33. The molecule has 0 spiro atoms. The SMILES string of the molecule is CC(C)CCOC(=O)CN(C)C(=N)N.Cl. The number of carbonyl (C=O) groups is 1. The predicted molar refractivity (Wildman–Crippen MR) is 62.2 cm³/mol. The number of nitrogens with one attached hydrogen (secondary N) is 1. The fraction of sp³-hybridized carbons (Fsp3) is 0.778. The summed E-state index contributed by atoms with van der Waals surface area (Å²) in [6, 6.07) is 0. The Balaban J connectivity index is 0. The summed E-state index contributed by atoms with van der Waals surface area (Å²) in [5.41, 5.74) is 5.16. The summed E-state index contributed by atoms with van der Waals surface area (Å²) in [5.74, 6) is 0.0440. The molecule has 6 heteroatoms. The second-order valence-electron chi connectivity index (χ2n) is 3.64. The molecule has 90 valence electrons. The molecular formula is C9H20ClN3O2. The third-order valence-corrected chi connectivity index (χ3v) is 1.74. The van der Waals surface area contributed by atoms with Crippen LogP contribution in [0, 0.1) is 11.3 Å². The molecule has 0 saturated heterocycles. The van der Waals surface area contributed by atoms with Gasteiger partial charge in [-0.25, -0.2) is 0 Å². The van der Waals surface area contributed by atoms with E-state index < -0.39 is 0 Å². The number of nitrogens with two attached hydrogens (primary N) is 1. The summed E-state index contributed by atoms with van der Waals surface area (Å²) in [6.45, 7) is 4.60. The molecule has 0 saturated carbocycles. The highest BCUT2D eigenvalue weighted by molar-refractivity contribution is 5.85. The lowest BCUT2D eigenvalue weighted by atomic mass is 10.1. The average Bonchev–Trinajstić information content (AvgIpc) is 2.02. The second kappa shape index (κ2) is 8.35. The molecule has 0 amide bonds. The average molecular weight is 238 g/mol. The lowest BCUT2D eigenvalue weighted by Gasteiger charge is -2.15. The van der Waals surface area contributed by atoms with Crippen molar-refractivity contribution >= 4 is 24.3 Å². The molecule has 5 nitrogen and oxygen atoms in total. The van der Waals surface area contributed by atoms with Gasteiger partial charge in [0.1, 0.15) is 6.54 Å². The molecule has 0 aromatic heterocycles. The van der Waals surface area contributed by atoms with E-state index in [9.17, 15) is 4.79 Å². The van der Waals surface area contributed by atoms with Gasteiger partial charge in [0, 0.05) is 7.05 Å². The maximum absolute atomic E-state index is 11.1. The molecule has 15 heavy (non-hydrogen) atoms. The van der Waals surface area contributed by atoms with Crippen molar-refractivity contribution < 1.29 is 9.53 Å². The van der Waals surface area contributed by atoms with Crippen LogP contribution in [0.15, 0.2) is 0 Å². The van der Waals surface area contributed by atoms with E-state index in [1.165, 1.54) is 4.90 Å². The van der Waals surface area contributed by atoms with E-state index in [0.29, 0.717) is 12.5 Å². The van der Waals surface area contributed by atoms with E-state index in [4.69, 9.17) is 15.9 Å². The number of rotatable bonds is 5. The Morgan fingerprint density at radius 2 is 2.07 bits per heavy atom. The number of nitrogens with zero attached hydrogens (tertiary/aromatic N) is 1. The Kier molecular flexibility index (Phi) is 9.16. The molecule has 0 fully saturated rings. The van der Waals surface area contributed by atoms with Crippen LogP contribution in [0.2, 0.25) is 0 Å². The van der Waals surface area contributed by atoms with Gasteiger partial charge in [-0.1, -0.05) is 13.8 Å². The van der Waals surface area contributed by atoms with Gasteiger partial charge < -0.3 is 15.4 Å². The first-order valence-electron chi connectivity index (χ1n) is 4.64. The predicted octanol–water partition coefficient (Wildman–Crippen LogP) is 0.823. The Hall–Kier alpha value is -0.970. The van der Waals surface area contributed by atoms with Crippen LogP contribution in [-0.2, 0) is 9.53 Å². The Labute approximate surface area is 96.9 Å². The number of likely N-dealkylation sites (N-methyl/N-ethyl adjacent to an activating group) is 1. The van der Waals surface area contributed by atoms with E-state index in [-0.39, 0.29) is 30.9 Å². The van der Waals surface area contributed by atoms with Crippen LogP contribution in [0.1, 0.15) is 20.3 Å². The number of hydrogen-bond donors (Lipinski definition) is 2. The van der Waals surface area contributed by atoms with Crippen molar-refractivity contribution in [3.8, 4) is 0 Å². The van der Waals surface area contributed by atoms with E-state index in [2.05, 4.69) is 13.8 Å². The minimum absolute atomic E-state index is 0. The molecule has 0 rings (SSSR count). The first-order valence-corrected chi connectivity index (χ1v) is 4.64. The van der Waals surface area contributed by atoms with E-state index in [0.717, 1.165) is 6.42 Å². The Morgan fingerprint density at radius 3 is 2.47 bits per heavy atom. The maximum Gasteiger partial charge on any atom is 0.325 e. The van der Waals surface area contributed by atoms with E-state index in [1.54, 1.807) is 7.05 Å². The topological polar surface area (TPSA) is 79.4 Å². The van der Waals surface area contributed by atoms with Crippen molar-refractivity contribution in [2.45, 2.75) is 20.3 Å². The van der Waals surface area contributed by atoms with Gasteiger partial charge in [0.15, 0.2) is 5.96 Å². The highest BCUT2D eigenvalue weighted by atomic mass is 35.5. The number of carbonyl (C=O) groups excluding carboxylic acids is 1. The summed E-state index contributed by atoms with van der Waals surface area (Å²) in [5, 5.41) is 7.03. The number of ether oxygens (including phenoxy) is 1. The van der Waals surface area contributed by atoms with Crippen molar-refractivity contribution in [3.63, 3.8) is 0 Å². The van der Waals surface area contributed by atoms with E-state index in [1.807, 2.05) is 0 Å². The summed E-state index contributed by atoms with van der Waals surface area (Å²) in [6.07, 6.45) is 0.857. The summed E-state index contributed by atoms with van der Waals surface area (Å²) >= 11 is 0. The van der Waals surface area contributed by atoms with Crippen LogP contribution in [0.5, 0.6) is 0 Å². The smallest absolute Gasteiger partial charge is 0.325 e. The number of guanidine groups is 1. The van der Waals surface area contributed by atoms with Gasteiger partial charge in [-0.05, 0) is 12.3 Å². The molecule has 0 aromatic rings. The lowest BCUT2D eigenvalue weighted by Crippen LogP contribution is -2.37. The molecule has 0 heterocycles. The molecule has 0 aliphatic heterocycles. The van der Waals surface area contributed by atoms with Gasteiger partial charge in [-0.15, -0.1) is 12.4 Å². The maximum atomic E-state index is 11.1. The molecule has 0 bridgehead atoms. The van der Waals surface area contributed by atoms with Gasteiger partial charge in [0.2, 0.25) is 0 Å². The zero-order valence-corrected chi connectivity index (χ0v) is 10.3. The highest BCUT2D eigenvalue weighted by Gasteiger charge is 2.08. The lowest BCUT2D eigenvalue weighted by molar-refractivity contribution is -0.144.